The van der Waals surface area contributed by atoms with Gasteiger partial charge in [0, 0.05) is 24.3 Å². The van der Waals surface area contributed by atoms with Crippen molar-refractivity contribution in [3.05, 3.63) is 36.4 Å². The van der Waals surface area contributed by atoms with E-state index in [2.05, 4.69) is 6.92 Å². The predicted molar refractivity (Wildman–Crippen MR) is 126 cm³/mol. The Morgan fingerprint density at radius 3 is 2.50 bits per heavy atom. The third-order valence-corrected chi connectivity index (χ3v) is 10.0. The summed E-state index contributed by atoms with van der Waals surface area (Å²) in [5.41, 5.74) is 0.501. The number of unbranched alkanes of at least 4 members (excludes halogenated alkanes) is 1. The second-order valence-electron chi connectivity index (χ2n) is 9.33. The van der Waals surface area contributed by atoms with Gasteiger partial charge in [0.2, 0.25) is 9.84 Å². The normalized spacial score (nSPS) is 21.9. The Labute approximate surface area is 194 Å². The second kappa shape index (κ2) is 9.53. The summed E-state index contributed by atoms with van der Waals surface area (Å²) >= 11 is 1.11. The molecule has 1 aromatic carbocycles. The van der Waals surface area contributed by atoms with Crippen molar-refractivity contribution >= 4 is 27.1 Å². The zero-order chi connectivity index (χ0) is 23.6. The molecule has 1 aromatic heterocycles. The molecule has 3 rings (SSSR count). The van der Waals surface area contributed by atoms with Gasteiger partial charge in [-0.25, -0.2) is 8.42 Å². The fraction of sp³-hybridized carbons (Fsp3) is 0.542. The molecule has 176 valence electrons. The standard InChI is InChI=1S/C24H32O6S2/c1-5-6-14-29-18-9-7-17(8-10-18)19-11-12-21(31-19)32(27,28)24(22(25)26)13-15-30-20(16-24)23(2,3)4/h7-12,20H,5-6,13-16H2,1-4H3,(H,25,26). The number of sulfone groups is 1. The lowest BCUT2D eigenvalue weighted by Crippen LogP contribution is -2.55. The number of hydrogen-bond donors (Lipinski definition) is 1. The lowest BCUT2D eigenvalue weighted by atomic mass is 9.80. The molecular formula is C24H32O6S2. The number of carbonyl (C=O) groups is 1. The Kier molecular flexibility index (Phi) is 7.37. The van der Waals surface area contributed by atoms with E-state index in [9.17, 15) is 18.3 Å². The molecule has 8 heteroatoms. The van der Waals surface area contributed by atoms with Gasteiger partial charge in [0.25, 0.3) is 0 Å². The van der Waals surface area contributed by atoms with Crippen LogP contribution in [-0.2, 0) is 19.4 Å². The first-order chi connectivity index (χ1) is 15.0. The average molecular weight is 481 g/mol. The number of benzene rings is 1. The number of carboxylic acids is 1. The second-order valence-corrected chi connectivity index (χ2v) is 12.9. The molecule has 0 aliphatic carbocycles. The van der Waals surface area contributed by atoms with Crippen LogP contribution in [0.25, 0.3) is 10.4 Å². The van der Waals surface area contributed by atoms with Gasteiger partial charge in [-0.15, -0.1) is 11.3 Å². The van der Waals surface area contributed by atoms with E-state index in [1.807, 2.05) is 45.0 Å². The molecule has 6 nitrogen and oxygen atoms in total. The van der Waals surface area contributed by atoms with Gasteiger partial charge in [0.05, 0.1) is 12.7 Å². The van der Waals surface area contributed by atoms with E-state index < -0.39 is 26.7 Å². The zero-order valence-electron chi connectivity index (χ0n) is 19.1. The van der Waals surface area contributed by atoms with Gasteiger partial charge in [-0.2, -0.15) is 0 Å². The number of aliphatic carboxylic acids is 1. The van der Waals surface area contributed by atoms with Crippen LogP contribution < -0.4 is 4.74 Å². The Morgan fingerprint density at radius 1 is 1.22 bits per heavy atom. The Balaban J connectivity index is 1.88. The average Bonchev–Trinajstić information content (AvgIpc) is 3.25. The topological polar surface area (TPSA) is 89.9 Å². The van der Waals surface area contributed by atoms with Crippen molar-refractivity contribution in [1.82, 2.24) is 0 Å². The van der Waals surface area contributed by atoms with Gasteiger partial charge < -0.3 is 14.6 Å². The van der Waals surface area contributed by atoms with E-state index in [4.69, 9.17) is 9.47 Å². The number of hydrogen-bond acceptors (Lipinski definition) is 6. The molecule has 2 aromatic rings. The molecule has 1 aliphatic rings. The summed E-state index contributed by atoms with van der Waals surface area (Å²) in [6.07, 6.45) is 1.46. The van der Waals surface area contributed by atoms with Crippen LogP contribution in [0.1, 0.15) is 53.4 Å². The highest BCUT2D eigenvalue weighted by Gasteiger charge is 2.56. The molecule has 2 heterocycles. The molecule has 0 amide bonds. The van der Waals surface area contributed by atoms with Gasteiger partial charge in [0.1, 0.15) is 9.96 Å². The van der Waals surface area contributed by atoms with Crippen molar-refractivity contribution in [1.29, 1.82) is 0 Å². The molecule has 0 saturated carbocycles. The van der Waals surface area contributed by atoms with Crippen LogP contribution in [-0.4, -0.2) is 43.6 Å². The van der Waals surface area contributed by atoms with Crippen LogP contribution in [0.5, 0.6) is 5.75 Å². The minimum absolute atomic E-state index is 0.0612. The molecule has 32 heavy (non-hydrogen) atoms. The minimum Gasteiger partial charge on any atom is -0.494 e. The minimum atomic E-state index is -4.11. The largest absolute Gasteiger partial charge is 0.494 e. The van der Waals surface area contributed by atoms with E-state index in [-0.39, 0.29) is 29.1 Å². The Morgan fingerprint density at radius 2 is 1.91 bits per heavy atom. The molecule has 1 N–H and O–H groups in total. The zero-order valence-corrected chi connectivity index (χ0v) is 20.7. The molecular weight excluding hydrogens is 448 g/mol. The van der Waals surface area contributed by atoms with Gasteiger partial charge >= 0.3 is 5.97 Å². The summed E-state index contributed by atoms with van der Waals surface area (Å²) in [6.45, 7) is 8.66. The fourth-order valence-electron chi connectivity index (χ4n) is 3.80. The van der Waals surface area contributed by atoms with E-state index in [1.54, 1.807) is 6.07 Å². The van der Waals surface area contributed by atoms with Crippen LogP contribution in [0.2, 0.25) is 0 Å². The Hall–Kier alpha value is -1.90. The van der Waals surface area contributed by atoms with Crippen LogP contribution in [0.15, 0.2) is 40.6 Å². The number of thiophene rings is 1. The molecule has 1 saturated heterocycles. The smallest absolute Gasteiger partial charge is 0.325 e. The molecule has 1 fully saturated rings. The van der Waals surface area contributed by atoms with Crippen molar-refractivity contribution in [2.24, 2.45) is 5.41 Å². The quantitative estimate of drug-likeness (QED) is 0.508. The van der Waals surface area contributed by atoms with Crippen molar-refractivity contribution < 1.29 is 27.8 Å². The fourth-order valence-corrected chi connectivity index (χ4v) is 7.31. The van der Waals surface area contributed by atoms with Crippen LogP contribution >= 0.6 is 11.3 Å². The summed E-state index contributed by atoms with van der Waals surface area (Å²) in [5, 5.41) is 10.1. The third-order valence-electron chi connectivity index (χ3n) is 5.96. The monoisotopic (exact) mass is 480 g/mol. The van der Waals surface area contributed by atoms with Crippen molar-refractivity contribution in [3.63, 3.8) is 0 Å². The number of rotatable bonds is 8. The van der Waals surface area contributed by atoms with Crippen molar-refractivity contribution in [2.75, 3.05) is 13.2 Å². The van der Waals surface area contributed by atoms with Gasteiger partial charge in [-0.05, 0) is 53.8 Å². The summed E-state index contributed by atoms with van der Waals surface area (Å²) in [5.74, 6) is -0.537. The third kappa shape index (κ3) is 4.87. The SMILES string of the molecule is CCCCOc1ccc(-c2ccc(S(=O)(=O)C3(C(=O)O)CCOC(C(C)(C)C)C3)s2)cc1. The first-order valence-electron chi connectivity index (χ1n) is 10.9. The van der Waals surface area contributed by atoms with Gasteiger partial charge in [-0.1, -0.05) is 34.1 Å². The first-order valence-corrected chi connectivity index (χ1v) is 13.2. The van der Waals surface area contributed by atoms with Crippen LogP contribution in [0.3, 0.4) is 0 Å². The Bertz CT molecular complexity index is 1030. The summed E-state index contributed by atoms with van der Waals surface area (Å²) in [4.78, 5) is 13.1. The summed E-state index contributed by atoms with van der Waals surface area (Å²) in [7, 11) is -4.11. The number of ether oxygens (including phenoxy) is 2. The number of carboxylic acid groups (broad SMARTS) is 1. The van der Waals surface area contributed by atoms with Crippen LogP contribution in [0, 0.1) is 5.41 Å². The molecule has 0 bridgehead atoms. The lowest BCUT2D eigenvalue weighted by Gasteiger charge is -2.41. The maximum Gasteiger partial charge on any atom is 0.325 e. The molecule has 2 atom stereocenters. The maximum atomic E-state index is 13.6. The summed E-state index contributed by atoms with van der Waals surface area (Å²) < 4.78 is 36.9. The van der Waals surface area contributed by atoms with E-state index >= 15 is 0 Å². The van der Waals surface area contributed by atoms with Crippen molar-refractivity contribution in [3.8, 4) is 16.2 Å². The first kappa shape index (κ1) is 24.7. The molecule has 1 aliphatic heterocycles. The van der Waals surface area contributed by atoms with Crippen LogP contribution in [0.4, 0.5) is 0 Å². The highest BCUT2D eigenvalue weighted by atomic mass is 32.2. The summed E-state index contributed by atoms with van der Waals surface area (Å²) in [6, 6.07) is 10.8. The maximum absolute atomic E-state index is 13.6. The van der Waals surface area contributed by atoms with Crippen molar-refractivity contribution in [2.45, 2.75) is 68.4 Å². The molecule has 0 radical (unpaired) electrons. The predicted octanol–water partition coefficient (Wildman–Crippen LogP) is 5.42. The van der Waals surface area contributed by atoms with Gasteiger partial charge in [-0.3, -0.25) is 4.79 Å². The molecule has 0 spiro atoms. The molecule has 2 unspecified atom stereocenters. The highest BCUT2D eigenvalue weighted by Crippen LogP contribution is 2.44. The van der Waals surface area contributed by atoms with E-state index in [0.29, 0.717) is 6.61 Å². The lowest BCUT2D eigenvalue weighted by molar-refractivity contribution is -0.147. The van der Waals surface area contributed by atoms with Gasteiger partial charge in [0.15, 0.2) is 4.75 Å². The highest BCUT2D eigenvalue weighted by molar-refractivity contribution is 7.95. The van der Waals surface area contributed by atoms with E-state index in [0.717, 1.165) is 40.4 Å². The van der Waals surface area contributed by atoms with E-state index in [1.165, 1.54) is 6.07 Å².